The average Bonchev–Trinajstić information content (AvgIpc) is 2.39. The molecule has 2 unspecified atom stereocenters. The lowest BCUT2D eigenvalue weighted by atomic mass is 9.96. The zero-order valence-corrected chi connectivity index (χ0v) is 10.9. The summed E-state index contributed by atoms with van der Waals surface area (Å²) in [7, 11) is 0. The van der Waals surface area contributed by atoms with Crippen molar-refractivity contribution in [2.75, 3.05) is 5.88 Å². The van der Waals surface area contributed by atoms with E-state index in [1.807, 2.05) is 31.2 Å². The fourth-order valence-electron chi connectivity index (χ4n) is 2.10. The molecule has 2 atom stereocenters. The van der Waals surface area contributed by atoms with Crippen LogP contribution in [0, 0.1) is 6.92 Å². The molecule has 2 aromatic rings. The highest BCUT2D eigenvalue weighted by Crippen LogP contribution is 2.27. The molecule has 0 aliphatic heterocycles. The summed E-state index contributed by atoms with van der Waals surface area (Å²) in [5, 5.41) is 21.0. The average molecular weight is 266 g/mol. The number of rotatable bonds is 4. The maximum Gasteiger partial charge on any atom is 0.105 e. The number of benzene rings is 1. The number of halogens is 1. The van der Waals surface area contributed by atoms with Crippen LogP contribution >= 0.6 is 11.6 Å². The van der Waals surface area contributed by atoms with Crippen molar-refractivity contribution in [1.82, 2.24) is 4.98 Å². The van der Waals surface area contributed by atoms with Gasteiger partial charge in [0.15, 0.2) is 0 Å². The van der Waals surface area contributed by atoms with E-state index in [9.17, 15) is 10.2 Å². The van der Waals surface area contributed by atoms with Crippen molar-refractivity contribution >= 4 is 22.5 Å². The van der Waals surface area contributed by atoms with E-state index in [0.717, 1.165) is 16.5 Å². The molecule has 3 nitrogen and oxygen atoms in total. The fourth-order valence-corrected chi connectivity index (χ4v) is 2.33. The molecule has 0 saturated carbocycles. The number of aliphatic hydroxyl groups excluding tert-OH is 2. The monoisotopic (exact) mass is 265 g/mol. The lowest BCUT2D eigenvalue weighted by molar-refractivity contribution is 0.0167. The van der Waals surface area contributed by atoms with Crippen LogP contribution in [0.5, 0.6) is 0 Å². The lowest BCUT2D eigenvalue weighted by Crippen LogP contribution is -2.19. The second kappa shape index (κ2) is 5.65. The molecular formula is C14H16ClNO2. The van der Waals surface area contributed by atoms with Crippen molar-refractivity contribution in [3.63, 3.8) is 0 Å². The first-order chi connectivity index (χ1) is 8.65. The number of fused-ring (bicyclic) bond motifs is 1. The Bertz CT molecular complexity index is 544. The Morgan fingerprint density at radius 1 is 1.28 bits per heavy atom. The van der Waals surface area contributed by atoms with Crippen molar-refractivity contribution in [2.24, 2.45) is 0 Å². The summed E-state index contributed by atoms with van der Waals surface area (Å²) in [4.78, 5) is 4.31. The maximum absolute atomic E-state index is 10.1. The number of aryl methyl sites for hydroxylation is 1. The summed E-state index contributed by atoms with van der Waals surface area (Å²) in [5.74, 6) is 0.323. The number of nitrogens with zero attached hydrogens (tertiary/aromatic N) is 1. The van der Waals surface area contributed by atoms with Gasteiger partial charge in [-0.2, -0.15) is 0 Å². The van der Waals surface area contributed by atoms with Gasteiger partial charge in [0, 0.05) is 17.5 Å². The Hall–Kier alpha value is -1.16. The second-order valence-electron chi connectivity index (χ2n) is 4.34. The predicted molar refractivity (Wildman–Crippen MR) is 72.8 cm³/mol. The van der Waals surface area contributed by atoms with Crippen molar-refractivity contribution in [2.45, 2.75) is 25.6 Å². The third-order valence-electron chi connectivity index (χ3n) is 3.16. The molecule has 0 bridgehead atoms. The third-order valence-corrected chi connectivity index (χ3v) is 3.38. The molecule has 96 valence electrons. The number of hydrogen-bond acceptors (Lipinski definition) is 3. The van der Waals surface area contributed by atoms with Gasteiger partial charge in [0.2, 0.25) is 0 Å². The number of hydrogen-bond donors (Lipinski definition) is 2. The van der Waals surface area contributed by atoms with Crippen LogP contribution in [0.2, 0.25) is 0 Å². The highest BCUT2D eigenvalue weighted by Gasteiger charge is 2.20. The van der Waals surface area contributed by atoms with Gasteiger partial charge in [-0.25, -0.2) is 0 Å². The molecule has 0 aliphatic rings. The van der Waals surface area contributed by atoms with Gasteiger partial charge in [-0.05, 0) is 30.5 Å². The minimum atomic E-state index is -0.921. The van der Waals surface area contributed by atoms with Gasteiger partial charge < -0.3 is 10.2 Å². The Kier molecular flexibility index (Phi) is 4.17. The summed E-state index contributed by atoms with van der Waals surface area (Å²) in [6, 6.07) is 7.59. The molecule has 2 rings (SSSR count). The second-order valence-corrected chi connectivity index (χ2v) is 4.72. The summed E-state index contributed by atoms with van der Waals surface area (Å²) >= 11 is 5.58. The molecule has 1 aromatic carbocycles. The van der Waals surface area contributed by atoms with Crippen molar-refractivity contribution in [3.8, 4) is 0 Å². The van der Waals surface area contributed by atoms with E-state index < -0.39 is 12.2 Å². The number of alkyl halides is 1. The van der Waals surface area contributed by atoms with Gasteiger partial charge in [-0.3, -0.25) is 4.98 Å². The van der Waals surface area contributed by atoms with E-state index in [2.05, 4.69) is 4.98 Å². The zero-order valence-electron chi connectivity index (χ0n) is 10.2. The minimum absolute atomic E-state index is 0.323. The van der Waals surface area contributed by atoms with E-state index in [1.165, 1.54) is 0 Å². The molecule has 0 radical (unpaired) electrons. The van der Waals surface area contributed by atoms with Crippen molar-refractivity contribution < 1.29 is 10.2 Å². The predicted octanol–water partition coefficient (Wildman–Crippen LogP) is 2.57. The number of aromatic nitrogens is 1. The van der Waals surface area contributed by atoms with E-state index in [4.69, 9.17) is 11.6 Å². The lowest BCUT2D eigenvalue weighted by Gasteiger charge is -2.19. The van der Waals surface area contributed by atoms with E-state index in [1.54, 1.807) is 6.20 Å². The van der Waals surface area contributed by atoms with Crippen LogP contribution in [-0.4, -0.2) is 27.2 Å². The van der Waals surface area contributed by atoms with Crippen LogP contribution in [0.4, 0.5) is 0 Å². The maximum atomic E-state index is 10.1. The van der Waals surface area contributed by atoms with Crippen LogP contribution in [0.1, 0.15) is 23.7 Å². The molecule has 0 spiro atoms. The largest absolute Gasteiger partial charge is 0.390 e. The molecule has 0 amide bonds. The van der Waals surface area contributed by atoms with Gasteiger partial charge >= 0.3 is 0 Å². The van der Waals surface area contributed by atoms with Gasteiger partial charge in [0.25, 0.3) is 0 Å². The summed E-state index contributed by atoms with van der Waals surface area (Å²) < 4.78 is 0. The minimum Gasteiger partial charge on any atom is -0.390 e. The molecule has 1 heterocycles. The third kappa shape index (κ3) is 2.48. The molecule has 1 aromatic heterocycles. The normalized spacial score (nSPS) is 14.7. The van der Waals surface area contributed by atoms with Crippen molar-refractivity contribution in [1.29, 1.82) is 0 Å². The van der Waals surface area contributed by atoms with Crippen molar-refractivity contribution in [3.05, 3.63) is 41.6 Å². The summed E-state index contributed by atoms with van der Waals surface area (Å²) in [5.41, 5.74) is 2.46. The first kappa shape index (κ1) is 13.3. The van der Waals surface area contributed by atoms with Crippen LogP contribution < -0.4 is 0 Å². The zero-order chi connectivity index (χ0) is 13.1. The molecule has 0 fully saturated rings. The molecule has 4 heteroatoms. The van der Waals surface area contributed by atoms with Crippen LogP contribution in [-0.2, 0) is 0 Å². The number of pyridine rings is 1. The summed E-state index contributed by atoms with van der Waals surface area (Å²) in [6.45, 7) is 1.90. The Labute approximate surface area is 111 Å². The van der Waals surface area contributed by atoms with Gasteiger partial charge in [-0.15, -0.1) is 11.6 Å². The van der Waals surface area contributed by atoms with Gasteiger partial charge in [0.1, 0.15) is 6.10 Å². The van der Waals surface area contributed by atoms with E-state index in [0.29, 0.717) is 17.9 Å². The van der Waals surface area contributed by atoms with Gasteiger partial charge in [0.05, 0.1) is 11.6 Å². The smallest absolute Gasteiger partial charge is 0.105 e. The molecule has 18 heavy (non-hydrogen) atoms. The quantitative estimate of drug-likeness (QED) is 0.836. The molecular weight excluding hydrogens is 250 g/mol. The standard InChI is InChI=1S/C14H16ClNO2/c1-9-11(14(18)12(17)6-7-15)5-4-10-3-2-8-16-13(9)10/h2-5,8,12,14,17-18H,6-7H2,1H3. The number of aliphatic hydroxyl groups is 2. The Morgan fingerprint density at radius 2 is 2.06 bits per heavy atom. The van der Waals surface area contributed by atoms with Crippen LogP contribution in [0.15, 0.2) is 30.5 Å². The Balaban J connectivity index is 2.42. The van der Waals surface area contributed by atoms with Gasteiger partial charge in [-0.1, -0.05) is 18.2 Å². The topological polar surface area (TPSA) is 53.4 Å². The summed E-state index contributed by atoms with van der Waals surface area (Å²) in [6.07, 6.45) is 0.320. The highest BCUT2D eigenvalue weighted by molar-refractivity contribution is 6.17. The van der Waals surface area contributed by atoms with E-state index in [-0.39, 0.29) is 0 Å². The van der Waals surface area contributed by atoms with Crippen LogP contribution in [0.3, 0.4) is 0 Å². The highest BCUT2D eigenvalue weighted by atomic mass is 35.5. The first-order valence-electron chi connectivity index (χ1n) is 5.91. The molecule has 2 N–H and O–H groups in total. The Morgan fingerprint density at radius 3 is 2.78 bits per heavy atom. The van der Waals surface area contributed by atoms with E-state index >= 15 is 0 Å². The first-order valence-corrected chi connectivity index (χ1v) is 6.45. The molecule has 0 saturated heterocycles. The SMILES string of the molecule is Cc1c(C(O)C(O)CCCl)ccc2cccnc12. The fraction of sp³-hybridized carbons (Fsp3) is 0.357. The molecule has 0 aliphatic carbocycles. The van der Waals surface area contributed by atoms with Crippen LogP contribution in [0.25, 0.3) is 10.9 Å².